The minimum Gasteiger partial charge on any atom is -0.494 e. The van der Waals surface area contributed by atoms with E-state index in [-0.39, 0.29) is 0 Å². The van der Waals surface area contributed by atoms with Crippen molar-refractivity contribution in [1.29, 1.82) is 0 Å². The largest absolute Gasteiger partial charge is 0.494 e. The number of benzene rings is 2. The van der Waals surface area contributed by atoms with Crippen molar-refractivity contribution in [2.24, 2.45) is 0 Å². The first-order valence-electron chi connectivity index (χ1n) is 9.77. The molecule has 5 rings (SSSR count). The normalized spacial score (nSPS) is 14.8. The molecule has 1 saturated heterocycles. The lowest BCUT2D eigenvalue weighted by atomic mass is 10.2. The number of aromatic amines is 1. The smallest absolute Gasteiger partial charge is 0.156 e. The van der Waals surface area contributed by atoms with Crippen LogP contribution in [0.15, 0.2) is 54.9 Å². The van der Waals surface area contributed by atoms with Gasteiger partial charge in [0.15, 0.2) is 5.82 Å². The summed E-state index contributed by atoms with van der Waals surface area (Å²) >= 11 is 0. The second-order valence-electron chi connectivity index (χ2n) is 7.00. The Balaban J connectivity index is 1.46. The van der Waals surface area contributed by atoms with Crippen molar-refractivity contribution in [2.75, 3.05) is 42.6 Å². The van der Waals surface area contributed by atoms with Crippen LogP contribution in [0.2, 0.25) is 0 Å². The first-order valence-corrected chi connectivity index (χ1v) is 9.77. The van der Waals surface area contributed by atoms with Crippen molar-refractivity contribution in [2.45, 2.75) is 6.92 Å². The van der Waals surface area contributed by atoms with Crippen molar-refractivity contribution in [1.82, 2.24) is 15.0 Å². The lowest BCUT2D eigenvalue weighted by molar-refractivity contribution is 0.341. The molecule has 1 aliphatic rings. The number of piperazine rings is 1. The standard InChI is InChI=1S/C22H23N5O/c1-2-28-17-8-9-19-18(14-17)20-21(25-19)22(24-15-23-20)27-12-10-26(11-13-27)16-6-4-3-5-7-16/h3-9,14-15,25H,2,10-13H2,1H3. The molecule has 0 saturated carbocycles. The van der Waals surface area contributed by atoms with Crippen LogP contribution in [-0.2, 0) is 0 Å². The second kappa shape index (κ2) is 7.03. The SMILES string of the molecule is CCOc1ccc2[nH]c3c(N4CCN(c5ccccc5)CC4)ncnc3c2c1. The highest BCUT2D eigenvalue weighted by Crippen LogP contribution is 2.32. The molecule has 28 heavy (non-hydrogen) atoms. The summed E-state index contributed by atoms with van der Waals surface area (Å²) in [5, 5.41) is 1.08. The molecule has 0 spiro atoms. The molecule has 0 atom stereocenters. The van der Waals surface area contributed by atoms with E-state index in [0.29, 0.717) is 6.61 Å². The number of hydrogen-bond acceptors (Lipinski definition) is 5. The van der Waals surface area contributed by atoms with Crippen LogP contribution >= 0.6 is 0 Å². The van der Waals surface area contributed by atoms with Gasteiger partial charge in [-0.2, -0.15) is 0 Å². The molecule has 0 unspecified atom stereocenters. The van der Waals surface area contributed by atoms with Gasteiger partial charge in [-0.05, 0) is 37.3 Å². The summed E-state index contributed by atoms with van der Waals surface area (Å²) in [6, 6.07) is 16.7. The van der Waals surface area contributed by atoms with E-state index in [1.807, 2.05) is 13.0 Å². The summed E-state index contributed by atoms with van der Waals surface area (Å²) in [5.74, 6) is 1.85. The number of nitrogens with zero attached hydrogens (tertiary/aromatic N) is 4. The average molecular weight is 373 g/mol. The van der Waals surface area contributed by atoms with E-state index in [9.17, 15) is 0 Å². The van der Waals surface area contributed by atoms with E-state index < -0.39 is 0 Å². The summed E-state index contributed by atoms with van der Waals surface area (Å²) in [6.07, 6.45) is 1.67. The van der Waals surface area contributed by atoms with Crippen molar-refractivity contribution in [3.63, 3.8) is 0 Å². The number of rotatable bonds is 4. The molecule has 2 aromatic heterocycles. The number of hydrogen-bond donors (Lipinski definition) is 1. The molecule has 3 heterocycles. The van der Waals surface area contributed by atoms with Crippen LogP contribution in [0.1, 0.15) is 6.92 Å². The quantitative estimate of drug-likeness (QED) is 0.589. The van der Waals surface area contributed by atoms with Gasteiger partial charge in [-0.3, -0.25) is 0 Å². The first-order chi connectivity index (χ1) is 13.8. The fraction of sp³-hybridized carbons (Fsp3) is 0.273. The molecule has 142 valence electrons. The minimum absolute atomic E-state index is 0.653. The van der Waals surface area contributed by atoms with E-state index in [0.717, 1.165) is 59.7 Å². The lowest BCUT2D eigenvalue weighted by Crippen LogP contribution is -2.46. The Kier molecular flexibility index (Phi) is 4.24. The van der Waals surface area contributed by atoms with Crippen molar-refractivity contribution >= 4 is 33.4 Å². The number of nitrogens with one attached hydrogen (secondary N) is 1. The third-order valence-corrected chi connectivity index (χ3v) is 5.34. The van der Waals surface area contributed by atoms with Crippen LogP contribution in [0.25, 0.3) is 21.9 Å². The van der Waals surface area contributed by atoms with Crippen LogP contribution in [-0.4, -0.2) is 47.7 Å². The maximum absolute atomic E-state index is 5.66. The summed E-state index contributed by atoms with van der Waals surface area (Å²) in [5.41, 5.74) is 4.29. The zero-order valence-electron chi connectivity index (χ0n) is 15.9. The molecule has 0 bridgehead atoms. The van der Waals surface area contributed by atoms with Gasteiger partial charge in [-0.25, -0.2) is 9.97 Å². The van der Waals surface area contributed by atoms with Gasteiger partial charge >= 0.3 is 0 Å². The van der Waals surface area contributed by atoms with Gasteiger partial charge < -0.3 is 19.5 Å². The molecular formula is C22H23N5O. The summed E-state index contributed by atoms with van der Waals surface area (Å²) < 4.78 is 5.66. The number of aromatic nitrogens is 3. The number of fused-ring (bicyclic) bond motifs is 3. The Morgan fingerprint density at radius 1 is 0.964 bits per heavy atom. The highest BCUT2D eigenvalue weighted by Gasteiger charge is 2.21. The molecule has 0 aliphatic carbocycles. The second-order valence-corrected chi connectivity index (χ2v) is 7.00. The number of H-pyrrole nitrogens is 1. The highest BCUT2D eigenvalue weighted by atomic mass is 16.5. The molecule has 1 aliphatic heterocycles. The Hall–Kier alpha value is -3.28. The van der Waals surface area contributed by atoms with Crippen molar-refractivity contribution in [3.05, 3.63) is 54.9 Å². The highest BCUT2D eigenvalue weighted by molar-refractivity contribution is 6.08. The van der Waals surface area contributed by atoms with Gasteiger partial charge in [0.25, 0.3) is 0 Å². The molecule has 1 N–H and O–H groups in total. The zero-order chi connectivity index (χ0) is 18.9. The van der Waals surface area contributed by atoms with E-state index in [1.165, 1.54) is 5.69 Å². The fourth-order valence-electron chi connectivity index (χ4n) is 3.97. The molecule has 2 aromatic carbocycles. The van der Waals surface area contributed by atoms with Gasteiger partial charge in [0.05, 0.1) is 6.61 Å². The molecule has 6 heteroatoms. The zero-order valence-corrected chi connectivity index (χ0v) is 15.9. The van der Waals surface area contributed by atoms with Crippen LogP contribution < -0.4 is 14.5 Å². The van der Waals surface area contributed by atoms with Gasteiger partial charge in [-0.15, -0.1) is 0 Å². The maximum Gasteiger partial charge on any atom is 0.156 e. The topological polar surface area (TPSA) is 57.3 Å². The number of para-hydroxylation sites is 1. The minimum atomic E-state index is 0.653. The van der Waals surface area contributed by atoms with E-state index >= 15 is 0 Å². The Labute approximate surface area is 163 Å². The Morgan fingerprint density at radius 2 is 1.75 bits per heavy atom. The molecule has 6 nitrogen and oxygen atoms in total. The first kappa shape index (κ1) is 16.9. The molecule has 4 aromatic rings. The number of ether oxygens (including phenoxy) is 1. The predicted molar refractivity (Wildman–Crippen MR) is 113 cm³/mol. The van der Waals surface area contributed by atoms with Crippen LogP contribution in [0, 0.1) is 0 Å². The molecule has 0 amide bonds. The van der Waals surface area contributed by atoms with Crippen LogP contribution in [0.3, 0.4) is 0 Å². The molecule has 0 radical (unpaired) electrons. The molecular weight excluding hydrogens is 350 g/mol. The van der Waals surface area contributed by atoms with E-state index in [1.54, 1.807) is 6.33 Å². The van der Waals surface area contributed by atoms with Crippen LogP contribution in [0.5, 0.6) is 5.75 Å². The average Bonchev–Trinajstić information content (AvgIpc) is 3.13. The lowest BCUT2D eigenvalue weighted by Gasteiger charge is -2.36. The van der Waals surface area contributed by atoms with Crippen molar-refractivity contribution in [3.8, 4) is 5.75 Å². The summed E-state index contributed by atoms with van der Waals surface area (Å²) in [6.45, 7) is 6.46. The van der Waals surface area contributed by atoms with Crippen molar-refractivity contribution < 1.29 is 4.74 Å². The summed E-state index contributed by atoms with van der Waals surface area (Å²) in [4.78, 5) is 17.5. The van der Waals surface area contributed by atoms with Gasteiger partial charge in [0.1, 0.15) is 23.1 Å². The third kappa shape index (κ3) is 2.91. The number of anilines is 2. The van der Waals surface area contributed by atoms with E-state index in [4.69, 9.17) is 4.74 Å². The molecule has 1 fully saturated rings. The van der Waals surface area contributed by atoms with Gasteiger partial charge in [0.2, 0.25) is 0 Å². The van der Waals surface area contributed by atoms with Gasteiger partial charge in [-0.1, -0.05) is 18.2 Å². The third-order valence-electron chi connectivity index (χ3n) is 5.34. The Morgan fingerprint density at radius 3 is 2.54 bits per heavy atom. The fourth-order valence-corrected chi connectivity index (χ4v) is 3.97. The van der Waals surface area contributed by atoms with E-state index in [2.05, 4.69) is 67.2 Å². The summed E-state index contributed by atoms with van der Waals surface area (Å²) in [7, 11) is 0. The monoisotopic (exact) mass is 373 g/mol. The predicted octanol–water partition coefficient (Wildman–Crippen LogP) is 3.84. The van der Waals surface area contributed by atoms with Gasteiger partial charge in [0, 0.05) is 42.8 Å². The van der Waals surface area contributed by atoms with Crippen LogP contribution in [0.4, 0.5) is 11.5 Å². The maximum atomic E-state index is 5.66. The Bertz CT molecular complexity index is 1100.